The second-order valence-corrected chi connectivity index (χ2v) is 4.95. The number of aryl methyl sites for hydroxylation is 2. The van der Waals surface area contributed by atoms with E-state index in [9.17, 15) is 9.90 Å². The molecule has 2 aromatic rings. The van der Waals surface area contributed by atoms with Gasteiger partial charge in [0.1, 0.15) is 0 Å². The SMILES string of the molecule is Cc1ccc(C(=O)O)c(N(C)Cc2cccc(C)n2)c1. The van der Waals surface area contributed by atoms with Gasteiger partial charge in [0.2, 0.25) is 0 Å². The number of anilines is 1. The standard InChI is InChI=1S/C16H18N2O2/c1-11-7-8-14(16(19)20)15(9-11)18(3)10-13-6-4-5-12(2)17-13/h4-9H,10H2,1-3H3,(H,19,20). The zero-order valence-corrected chi connectivity index (χ0v) is 11.9. The molecule has 0 aliphatic carbocycles. The molecule has 2 rings (SSSR count). The van der Waals surface area contributed by atoms with Gasteiger partial charge in [0.25, 0.3) is 0 Å². The highest BCUT2D eigenvalue weighted by molar-refractivity contribution is 5.94. The van der Waals surface area contributed by atoms with E-state index in [0.717, 1.165) is 17.0 Å². The summed E-state index contributed by atoms with van der Waals surface area (Å²) in [6.45, 7) is 4.47. The minimum atomic E-state index is -0.913. The van der Waals surface area contributed by atoms with Crippen LogP contribution in [0.5, 0.6) is 0 Å². The van der Waals surface area contributed by atoms with Crippen LogP contribution in [0.4, 0.5) is 5.69 Å². The number of hydrogen-bond acceptors (Lipinski definition) is 3. The van der Waals surface area contributed by atoms with Crippen LogP contribution in [0.2, 0.25) is 0 Å². The molecular formula is C16H18N2O2. The lowest BCUT2D eigenvalue weighted by atomic mass is 10.1. The fourth-order valence-electron chi connectivity index (χ4n) is 2.15. The van der Waals surface area contributed by atoms with Crippen molar-refractivity contribution in [3.8, 4) is 0 Å². The monoisotopic (exact) mass is 270 g/mol. The van der Waals surface area contributed by atoms with Crippen LogP contribution < -0.4 is 4.90 Å². The first-order valence-electron chi connectivity index (χ1n) is 6.45. The zero-order valence-electron chi connectivity index (χ0n) is 11.9. The summed E-state index contributed by atoms with van der Waals surface area (Å²) in [7, 11) is 1.88. The molecule has 0 bridgehead atoms. The van der Waals surface area contributed by atoms with Gasteiger partial charge in [-0.25, -0.2) is 4.79 Å². The molecule has 0 radical (unpaired) electrons. The van der Waals surface area contributed by atoms with Crippen molar-refractivity contribution in [2.45, 2.75) is 20.4 Å². The maximum Gasteiger partial charge on any atom is 0.337 e. The summed E-state index contributed by atoms with van der Waals surface area (Å²) in [4.78, 5) is 17.7. The number of hydrogen-bond donors (Lipinski definition) is 1. The molecule has 0 aliphatic heterocycles. The van der Waals surface area contributed by atoms with Crippen molar-refractivity contribution in [2.75, 3.05) is 11.9 Å². The molecule has 0 saturated heterocycles. The molecule has 1 N–H and O–H groups in total. The predicted molar refractivity (Wildman–Crippen MR) is 79.2 cm³/mol. The first kappa shape index (κ1) is 14.1. The Morgan fingerprint density at radius 1 is 1.25 bits per heavy atom. The van der Waals surface area contributed by atoms with Crippen LogP contribution in [0.15, 0.2) is 36.4 Å². The van der Waals surface area contributed by atoms with Gasteiger partial charge in [-0.1, -0.05) is 12.1 Å². The van der Waals surface area contributed by atoms with Crippen molar-refractivity contribution < 1.29 is 9.90 Å². The molecule has 1 heterocycles. The van der Waals surface area contributed by atoms with Crippen molar-refractivity contribution >= 4 is 11.7 Å². The van der Waals surface area contributed by atoms with Crippen LogP contribution in [0.25, 0.3) is 0 Å². The van der Waals surface area contributed by atoms with Gasteiger partial charge in [-0.05, 0) is 43.7 Å². The third kappa shape index (κ3) is 3.15. The van der Waals surface area contributed by atoms with Gasteiger partial charge in [0.05, 0.1) is 23.5 Å². The van der Waals surface area contributed by atoms with Crippen molar-refractivity contribution in [3.63, 3.8) is 0 Å². The number of rotatable bonds is 4. The van der Waals surface area contributed by atoms with Gasteiger partial charge in [0.15, 0.2) is 0 Å². The Balaban J connectivity index is 2.31. The largest absolute Gasteiger partial charge is 0.478 e. The van der Waals surface area contributed by atoms with E-state index in [1.807, 2.05) is 56.1 Å². The zero-order chi connectivity index (χ0) is 14.7. The predicted octanol–water partition coefficient (Wildman–Crippen LogP) is 3.03. The summed E-state index contributed by atoms with van der Waals surface area (Å²) in [5, 5.41) is 9.27. The lowest BCUT2D eigenvalue weighted by Crippen LogP contribution is -2.20. The van der Waals surface area contributed by atoms with E-state index < -0.39 is 5.97 Å². The summed E-state index contributed by atoms with van der Waals surface area (Å²) in [6.07, 6.45) is 0. The minimum absolute atomic E-state index is 0.311. The topological polar surface area (TPSA) is 53.4 Å². The number of carboxylic acids is 1. The molecule has 0 spiro atoms. The number of benzene rings is 1. The number of aromatic carboxylic acids is 1. The average Bonchev–Trinajstić information content (AvgIpc) is 2.38. The number of pyridine rings is 1. The van der Waals surface area contributed by atoms with Crippen LogP contribution in [0, 0.1) is 13.8 Å². The number of nitrogens with zero attached hydrogens (tertiary/aromatic N) is 2. The van der Waals surface area contributed by atoms with Gasteiger partial charge >= 0.3 is 5.97 Å². The Hall–Kier alpha value is -2.36. The van der Waals surface area contributed by atoms with Gasteiger partial charge in [-0.2, -0.15) is 0 Å². The number of carbonyl (C=O) groups is 1. The first-order valence-corrected chi connectivity index (χ1v) is 6.45. The molecule has 4 heteroatoms. The van der Waals surface area contributed by atoms with Crippen molar-refractivity contribution in [1.29, 1.82) is 0 Å². The van der Waals surface area contributed by atoms with Crippen LogP contribution in [0.1, 0.15) is 27.3 Å². The Bertz CT molecular complexity index is 638. The molecule has 1 aromatic heterocycles. The summed E-state index contributed by atoms with van der Waals surface area (Å²) < 4.78 is 0. The molecule has 0 saturated carbocycles. The van der Waals surface area contributed by atoms with Gasteiger partial charge in [-0.15, -0.1) is 0 Å². The molecule has 0 aliphatic rings. The number of aromatic nitrogens is 1. The van der Waals surface area contributed by atoms with Crippen LogP contribution in [-0.2, 0) is 6.54 Å². The van der Waals surface area contributed by atoms with Crippen LogP contribution >= 0.6 is 0 Å². The molecule has 104 valence electrons. The van der Waals surface area contributed by atoms with Crippen molar-refractivity contribution in [3.05, 3.63) is 58.9 Å². The maximum atomic E-state index is 11.3. The molecule has 0 amide bonds. The highest BCUT2D eigenvalue weighted by Crippen LogP contribution is 2.22. The third-order valence-electron chi connectivity index (χ3n) is 3.14. The van der Waals surface area contributed by atoms with E-state index in [4.69, 9.17) is 0 Å². The molecule has 1 aromatic carbocycles. The summed E-state index contributed by atoms with van der Waals surface area (Å²) in [5.41, 5.74) is 3.93. The van der Waals surface area contributed by atoms with E-state index in [1.165, 1.54) is 0 Å². The Labute approximate surface area is 118 Å². The highest BCUT2D eigenvalue weighted by atomic mass is 16.4. The Morgan fingerprint density at radius 3 is 2.65 bits per heavy atom. The van der Waals surface area contributed by atoms with Gasteiger partial charge in [-0.3, -0.25) is 4.98 Å². The molecule has 0 fully saturated rings. The summed E-state index contributed by atoms with van der Waals surface area (Å²) in [6, 6.07) is 11.2. The molecule has 20 heavy (non-hydrogen) atoms. The second-order valence-electron chi connectivity index (χ2n) is 4.95. The molecule has 0 unspecified atom stereocenters. The lowest BCUT2D eigenvalue weighted by Gasteiger charge is -2.21. The van der Waals surface area contributed by atoms with Gasteiger partial charge < -0.3 is 10.0 Å². The third-order valence-corrected chi connectivity index (χ3v) is 3.14. The van der Waals surface area contributed by atoms with E-state index in [2.05, 4.69) is 4.98 Å². The van der Waals surface area contributed by atoms with Crippen molar-refractivity contribution in [2.24, 2.45) is 0 Å². The van der Waals surface area contributed by atoms with Crippen molar-refractivity contribution in [1.82, 2.24) is 4.98 Å². The lowest BCUT2D eigenvalue weighted by molar-refractivity contribution is 0.0697. The number of carboxylic acid groups (broad SMARTS) is 1. The highest BCUT2D eigenvalue weighted by Gasteiger charge is 2.14. The van der Waals surface area contributed by atoms with E-state index in [0.29, 0.717) is 17.8 Å². The molecular weight excluding hydrogens is 252 g/mol. The minimum Gasteiger partial charge on any atom is -0.478 e. The fraction of sp³-hybridized carbons (Fsp3) is 0.250. The second kappa shape index (κ2) is 5.74. The average molecular weight is 270 g/mol. The first-order chi connectivity index (χ1) is 9.47. The Morgan fingerprint density at radius 2 is 2.00 bits per heavy atom. The fourth-order valence-corrected chi connectivity index (χ4v) is 2.15. The van der Waals surface area contributed by atoms with Gasteiger partial charge in [0, 0.05) is 12.7 Å². The Kier molecular flexibility index (Phi) is 4.03. The summed E-state index contributed by atoms with van der Waals surface area (Å²) >= 11 is 0. The quantitative estimate of drug-likeness (QED) is 0.927. The van der Waals surface area contributed by atoms with E-state index in [1.54, 1.807) is 6.07 Å². The maximum absolute atomic E-state index is 11.3. The van der Waals surface area contributed by atoms with Crippen LogP contribution in [0.3, 0.4) is 0 Å². The summed E-state index contributed by atoms with van der Waals surface area (Å²) in [5.74, 6) is -0.913. The van der Waals surface area contributed by atoms with E-state index in [-0.39, 0.29) is 0 Å². The molecule has 0 atom stereocenters. The van der Waals surface area contributed by atoms with Crippen LogP contribution in [-0.4, -0.2) is 23.1 Å². The molecule has 4 nitrogen and oxygen atoms in total. The normalized spacial score (nSPS) is 10.3. The van der Waals surface area contributed by atoms with E-state index >= 15 is 0 Å². The smallest absolute Gasteiger partial charge is 0.337 e.